The Balaban J connectivity index is 1.44. The van der Waals surface area contributed by atoms with Gasteiger partial charge in [0.1, 0.15) is 11.4 Å². The summed E-state index contributed by atoms with van der Waals surface area (Å²) in [6.45, 7) is 2.09. The largest absolute Gasteiger partial charge is 0.496 e. The summed E-state index contributed by atoms with van der Waals surface area (Å²) in [5.74, 6) is -0.683. The molecule has 0 fully saturated rings. The molecule has 2 heterocycles. The molecule has 9 nitrogen and oxygen atoms in total. The van der Waals surface area contributed by atoms with E-state index in [4.69, 9.17) is 10.00 Å². The van der Waals surface area contributed by atoms with Gasteiger partial charge in [-0.2, -0.15) is 10.4 Å². The number of nitriles is 1. The number of hydrogen-bond donors (Lipinski definition) is 1. The first-order valence-electron chi connectivity index (χ1n) is 12.0. The third-order valence-corrected chi connectivity index (χ3v) is 6.81. The van der Waals surface area contributed by atoms with Gasteiger partial charge >= 0.3 is 0 Å². The van der Waals surface area contributed by atoms with Gasteiger partial charge in [0.15, 0.2) is 5.78 Å². The predicted octanol–water partition coefficient (Wildman–Crippen LogP) is 3.79. The highest BCUT2D eigenvalue weighted by molar-refractivity contribution is 6.25. The summed E-state index contributed by atoms with van der Waals surface area (Å²) in [5, 5.41) is 15.3. The molecular weight excluding hydrogens is 510 g/mol. The number of hydrogen-bond acceptors (Lipinski definition) is 6. The smallest absolute Gasteiger partial charge is 0.277 e. The molecular formula is C29H22N5O4Si. The number of para-hydroxylation sites is 1. The van der Waals surface area contributed by atoms with Crippen LogP contribution in [-0.2, 0) is 6.54 Å². The predicted molar refractivity (Wildman–Crippen MR) is 145 cm³/mol. The minimum Gasteiger partial charge on any atom is -0.496 e. The molecule has 0 saturated heterocycles. The van der Waals surface area contributed by atoms with E-state index in [0.29, 0.717) is 33.8 Å². The Labute approximate surface area is 228 Å². The SMILES string of the molecule is COc1ccccc1C(=O)c1ccc(N2C(=O)c3c(C(=O)Nc4cccc(C#N)c4)cnn3C[C@]2(C)[Si])cc1. The first kappa shape index (κ1) is 25.6. The number of ether oxygens (including phenoxy) is 1. The Morgan fingerprint density at radius 2 is 1.82 bits per heavy atom. The molecule has 5 rings (SSSR count). The van der Waals surface area contributed by atoms with E-state index in [2.05, 4.69) is 20.7 Å². The quantitative estimate of drug-likeness (QED) is 0.298. The number of aromatic nitrogens is 2. The van der Waals surface area contributed by atoms with Gasteiger partial charge < -0.3 is 15.0 Å². The van der Waals surface area contributed by atoms with Crippen molar-refractivity contribution in [2.75, 3.05) is 17.3 Å². The number of nitrogens with one attached hydrogen (secondary N) is 1. The number of fused-ring (bicyclic) bond motifs is 1. The molecule has 4 aromatic rings. The van der Waals surface area contributed by atoms with Crippen molar-refractivity contribution < 1.29 is 19.1 Å². The van der Waals surface area contributed by atoms with E-state index in [0.717, 1.165) is 0 Å². The zero-order chi connectivity index (χ0) is 27.7. The number of ketones is 1. The van der Waals surface area contributed by atoms with Gasteiger partial charge in [-0.25, -0.2) is 0 Å². The Bertz CT molecular complexity index is 1650. The molecule has 2 amide bonds. The first-order valence-corrected chi connectivity index (χ1v) is 12.5. The number of rotatable bonds is 6. The zero-order valence-electron chi connectivity index (χ0n) is 21.1. The van der Waals surface area contributed by atoms with Crippen LogP contribution in [0.5, 0.6) is 5.75 Å². The van der Waals surface area contributed by atoms with Crippen molar-refractivity contribution in [3.8, 4) is 11.8 Å². The van der Waals surface area contributed by atoms with Crippen molar-refractivity contribution in [1.82, 2.24) is 9.78 Å². The molecule has 3 aromatic carbocycles. The van der Waals surface area contributed by atoms with Crippen LogP contribution in [0.15, 0.2) is 79.0 Å². The number of nitrogens with zero attached hydrogens (tertiary/aromatic N) is 4. The molecule has 1 atom stereocenters. The molecule has 10 heteroatoms. The summed E-state index contributed by atoms with van der Waals surface area (Å²) >= 11 is 0. The van der Waals surface area contributed by atoms with Gasteiger partial charge in [0.25, 0.3) is 11.8 Å². The maximum absolute atomic E-state index is 13.8. The lowest BCUT2D eigenvalue weighted by atomic mass is 10.0. The van der Waals surface area contributed by atoms with E-state index in [-0.39, 0.29) is 23.6 Å². The van der Waals surface area contributed by atoms with Gasteiger partial charge in [-0.1, -0.05) is 18.2 Å². The van der Waals surface area contributed by atoms with Crippen molar-refractivity contribution in [1.29, 1.82) is 5.26 Å². The fourth-order valence-corrected chi connectivity index (χ4v) is 4.99. The third kappa shape index (κ3) is 4.71. The number of anilines is 2. The van der Waals surface area contributed by atoms with E-state index in [9.17, 15) is 14.4 Å². The minimum atomic E-state index is -0.862. The second-order valence-corrected chi connectivity index (χ2v) is 10.3. The van der Waals surface area contributed by atoms with Gasteiger partial charge in [-0.05, 0) is 61.5 Å². The average molecular weight is 533 g/mol. The van der Waals surface area contributed by atoms with Gasteiger partial charge in [-0.3, -0.25) is 19.1 Å². The van der Waals surface area contributed by atoms with Crippen LogP contribution in [0, 0.1) is 11.3 Å². The molecule has 1 aromatic heterocycles. The fraction of sp³-hybridized carbons (Fsp3) is 0.138. The summed E-state index contributed by atoms with van der Waals surface area (Å²) in [7, 11) is 5.23. The van der Waals surface area contributed by atoms with Crippen molar-refractivity contribution >= 4 is 39.2 Å². The molecule has 0 spiro atoms. The zero-order valence-corrected chi connectivity index (χ0v) is 22.1. The lowest BCUT2D eigenvalue weighted by Gasteiger charge is -2.42. The summed E-state index contributed by atoms with van der Waals surface area (Å²) < 4.78 is 6.81. The van der Waals surface area contributed by atoms with Crippen molar-refractivity contribution in [3.63, 3.8) is 0 Å². The standard InChI is InChI=1S/C29H22N5O4Si/c1-29(39)17-33-25(23(16-31-33)27(36)32-20-7-5-6-18(14-20)15-30)28(37)34(29)21-12-10-19(11-13-21)26(35)22-8-3-4-9-24(22)38-2/h3-14,16H,17H2,1-2H3,(H,32,36)/t29-/m0/s1. The normalized spacial score (nSPS) is 16.3. The van der Waals surface area contributed by atoms with Gasteiger partial charge in [0, 0.05) is 22.1 Å². The van der Waals surface area contributed by atoms with E-state index < -0.39 is 17.0 Å². The fourth-order valence-electron chi connectivity index (χ4n) is 4.61. The highest BCUT2D eigenvalue weighted by atomic mass is 28.1. The molecule has 1 aliphatic heterocycles. The topological polar surface area (TPSA) is 117 Å². The van der Waals surface area contributed by atoms with Gasteiger partial charge in [-0.15, -0.1) is 0 Å². The second kappa shape index (κ2) is 10.0. The van der Waals surface area contributed by atoms with Crippen molar-refractivity contribution in [3.05, 3.63) is 107 Å². The Morgan fingerprint density at radius 1 is 1.08 bits per heavy atom. The van der Waals surface area contributed by atoms with Crippen molar-refractivity contribution in [2.24, 2.45) is 0 Å². The Kier molecular flexibility index (Phi) is 6.60. The first-order chi connectivity index (χ1) is 18.7. The van der Waals surface area contributed by atoms with Crippen LogP contribution in [0.25, 0.3) is 0 Å². The highest BCUT2D eigenvalue weighted by Gasteiger charge is 2.42. The molecule has 0 saturated carbocycles. The molecule has 3 radical (unpaired) electrons. The van der Waals surface area contributed by atoms with Gasteiger partial charge in [0.05, 0.1) is 52.9 Å². The number of methoxy groups -OCH3 is 1. The average Bonchev–Trinajstić information content (AvgIpc) is 3.36. The summed E-state index contributed by atoms with van der Waals surface area (Å²) in [6.07, 6.45) is 1.36. The minimum absolute atomic E-state index is 0.109. The molecule has 0 unspecified atom stereocenters. The van der Waals surface area contributed by atoms with Crippen LogP contribution in [0.4, 0.5) is 11.4 Å². The highest BCUT2D eigenvalue weighted by Crippen LogP contribution is 2.32. The number of benzene rings is 3. The second-order valence-electron chi connectivity index (χ2n) is 9.20. The number of amides is 2. The Morgan fingerprint density at radius 3 is 2.54 bits per heavy atom. The Hall–Kier alpha value is -5.01. The van der Waals surface area contributed by atoms with Crippen LogP contribution < -0.4 is 15.0 Å². The lowest BCUT2D eigenvalue weighted by molar-refractivity contribution is 0.0924. The number of carbonyl (C=O) groups is 3. The summed E-state index contributed by atoms with van der Waals surface area (Å²) in [6, 6.07) is 22.2. The van der Waals surface area contributed by atoms with Crippen molar-refractivity contribution in [2.45, 2.75) is 18.6 Å². The summed E-state index contributed by atoms with van der Waals surface area (Å²) in [5.41, 5.74) is 2.48. The van der Waals surface area contributed by atoms with E-state index >= 15 is 0 Å². The van der Waals surface area contributed by atoms with Crippen LogP contribution in [0.3, 0.4) is 0 Å². The third-order valence-electron chi connectivity index (χ3n) is 6.43. The molecule has 1 aliphatic rings. The molecule has 0 aliphatic carbocycles. The van der Waals surface area contributed by atoms with Crippen LogP contribution >= 0.6 is 0 Å². The van der Waals surface area contributed by atoms with Crippen LogP contribution in [-0.4, -0.2) is 49.9 Å². The van der Waals surface area contributed by atoms with E-state index in [1.165, 1.54) is 22.9 Å². The maximum Gasteiger partial charge on any atom is 0.277 e. The van der Waals surface area contributed by atoms with E-state index in [1.807, 2.05) is 13.0 Å². The van der Waals surface area contributed by atoms with Crippen LogP contribution in [0.1, 0.15) is 49.3 Å². The lowest BCUT2D eigenvalue weighted by Crippen LogP contribution is -2.58. The number of carbonyl (C=O) groups excluding carboxylic acids is 3. The molecule has 1 N–H and O–H groups in total. The monoisotopic (exact) mass is 532 g/mol. The molecule has 191 valence electrons. The molecule has 39 heavy (non-hydrogen) atoms. The van der Waals surface area contributed by atoms with E-state index in [1.54, 1.807) is 72.8 Å². The van der Waals surface area contributed by atoms with Gasteiger partial charge in [0.2, 0.25) is 0 Å². The van der Waals surface area contributed by atoms with Crippen LogP contribution in [0.2, 0.25) is 0 Å². The maximum atomic E-state index is 13.8. The molecule has 0 bridgehead atoms. The summed E-state index contributed by atoms with van der Waals surface area (Å²) in [4.78, 5) is 41.6.